The SMILES string of the molecule is CC(C)(C)c1ccc(N(c2ccccc2)c2ccc3c(c2)N(c2ccc4c(c2)C(C)(C)c2ccccc2-4)c2cc(C(C)(C)C)cc4c2B3c2cc(C(C)(C)C)ccc2N4c2ccc(C(C)(C)C)cc2)cc1. The second kappa shape index (κ2) is 16.1. The third-order valence-corrected chi connectivity index (χ3v) is 15.9. The Kier molecular flexibility index (Phi) is 10.6. The highest BCUT2D eigenvalue weighted by Gasteiger charge is 2.45. The Morgan fingerprint density at radius 1 is 0.366 bits per heavy atom. The molecular formula is C67H70BN3. The molecule has 3 aliphatic rings. The summed E-state index contributed by atoms with van der Waals surface area (Å²) < 4.78 is 0. The smallest absolute Gasteiger partial charge is 0.252 e. The first-order valence-corrected chi connectivity index (χ1v) is 25.9. The van der Waals surface area contributed by atoms with Gasteiger partial charge >= 0.3 is 0 Å². The molecule has 8 aromatic rings. The second-order valence-electron chi connectivity index (χ2n) is 25.2. The molecule has 2 heterocycles. The molecule has 4 heteroatoms. The van der Waals surface area contributed by atoms with Gasteiger partial charge in [-0.05, 0) is 161 Å². The van der Waals surface area contributed by atoms with E-state index < -0.39 is 0 Å². The van der Waals surface area contributed by atoms with Crippen molar-refractivity contribution in [2.24, 2.45) is 0 Å². The fourth-order valence-electron chi connectivity index (χ4n) is 11.7. The van der Waals surface area contributed by atoms with E-state index in [9.17, 15) is 0 Å². The molecule has 11 rings (SSSR count). The minimum absolute atomic E-state index is 0.0249. The van der Waals surface area contributed by atoms with Gasteiger partial charge < -0.3 is 14.7 Å². The lowest BCUT2D eigenvalue weighted by Crippen LogP contribution is -2.61. The molecular weight excluding hydrogens is 858 g/mol. The van der Waals surface area contributed by atoms with E-state index in [-0.39, 0.29) is 33.8 Å². The second-order valence-corrected chi connectivity index (χ2v) is 25.2. The largest absolute Gasteiger partial charge is 0.311 e. The van der Waals surface area contributed by atoms with Gasteiger partial charge in [0.2, 0.25) is 0 Å². The van der Waals surface area contributed by atoms with Gasteiger partial charge in [-0.15, -0.1) is 0 Å². The van der Waals surface area contributed by atoms with E-state index in [0.29, 0.717) is 0 Å². The molecule has 0 saturated heterocycles. The standard InChI is InChI=1S/C67H70BN3/c1-63(2,3)43-24-29-48(30-25-43)69(47-20-16-15-17-21-47)51-34-36-56-59(42-51)71(50-33-35-53-52-22-18-19-23-54(52)67(13,14)55(53)41-50)61-40-46(66(10,11)12)39-60-62(61)68(56)57-38-45(65(7,8)9)28-37-58(57)70(60)49-31-26-44(27-32-49)64(4,5)6/h15-42H,1-14H3. The summed E-state index contributed by atoms with van der Waals surface area (Å²) in [5.74, 6) is 0. The van der Waals surface area contributed by atoms with Crippen LogP contribution in [0.2, 0.25) is 0 Å². The van der Waals surface area contributed by atoms with Gasteiger partial charge in [-0.1, -0.05) is 188 Å². The van der Waals surface area contributed by atoms with Crippen molar-refractivity contribution in [2.75, 3.05) is 14.7 Å². The Labute approximate surface area is 425 Å². The van der Waals surface area contributed by atoms with E-state index in [1.165, 1.54) is 95.0 Å². The third-order valence-electron chi connectivity index (χ3n) is 15.9. The van der Waals surface area contributed by atoms with Gasteiger partial charge in [0.15, 0.2) is 0 Å². The zero-order valence-corrected chi connectivity index (χ0v) is 44.6. The molecule has 0 saturated carbocycles. The van der Waals surface area contributed by atoms with Crippen LogP contribution in [0, 0.1) is 0 Å². The fourth-order valence-corrected chi connectivity index (χ4v) is 11.7. The molecule has 0 N–H and O–H groups in total. The highest BCUT2D eigenvalue weighted by molar-refractivity contribution is 7.00. The van der Waals surface area contributed by atoms with Crippen molar-refractivity contribution >= 4 is 74.3 Å². The molecule has 0 atom stereocenters. The summed E-state index contributed by atoms with van der Waals surface area (Å²) in [6.07, 6.45) is 0. The fraction of sp³-hybridized carbons (Fsp3) is 0.284. The molecule has 0 spiro atoms. The minimum Gasteiger partial charge on any atom is -0.311 e. The van der Waals surface area contributed by atoms with E-state index in [2.05, 4.69) is 281 Å². The zero-order valence-electron chi connectivity index (χ0n) is 44.6. The molecule has 0 radical (unpaired) electrons. The van der Waals surface area contributed by atoms with E-state index in [1.54, 1.807) is 0 Å². The van der Waals surface area contributed by atoms with Crippen molar-refractivity contribution < 1.29 is 0 Å². The van der Waals surface area contributed by atoms with Crippen molar-refractivity contribution in [1.82, 2.24) is 0 Å². The number of fused-ring (bicyclic) bond motifs is 7. The first-order chi connectivity index (χ1) is 33.5. The quantitative estimate of drug-likeness (QED) is 0.159. The van der Waals surface area contributed by atoms with E-state index >= 15 is 0 Å². The number of para-hydroxylation sites is 1. The summed E-state index contributed by atoms with van der Waals surface area (Å²) in [5, 5.41) is 0. The molecule has 0 amide bonds. The predicted molar refractivity (Wildman–Crippen MR) is 308 cm³/mol. The van der Waals surface area contributed by atoms with E-state index in [4.69, 9.17) is 0 Å². The van der Waals surface area contributed by atoms with Crippen LogP contribution in [0.1, 0.15) is 130 Å². The average Bonchev–Trinajstić information content (AvgIpc) is 3.55. The number of nitrogens with zero attached hydrogens (tertiary/aromatic N) is 3. The van der Waals surface area contributed by atoms with Gasteiger partial charge in [-0.2, -0.15) is 0 Å². The molecule has 2 aliphatic heterocycles. The Bertz CT molecular complexity index is 3370. The summed E-state index contributed by atoms with van der Waals surface area (Å²) in [4.78, 5) is 7.65. The maximum atomic E-state index is 2.63. The van der Waals surface area contributed by atoms with E-state index in [0.717, 1.165) is 17.1 Å². The van der Waals surface area contributed by atoms with Crippen LogP contribution >= 0.6 is 0 Å². The first kappa shape index (κ1) is 46.6. The summed E-state index contributed by atoms with van der Waals surface area (Å²) in [6, 6.07) is 65.5. The van der Waals surface area contributed by atoms with Crippen LogP contribution in [0.3, 0.4) is 0 Å². The Morgan fingerprint density at radius 3 is 1.49 bits per heavy atom. The van der Waals surface area contributed by atoms with Crippen molar-refractivity contribution in [1.29, 1.82) is 0 Å². The summed E-state index contributed by atoms with van der Waals surface area (Å²) >= 11 is 0. The highest BCUT2D eigenvalue weighted by Crippen LogP contribution is 2.53. The van der Waals surface area contributed by atoms with Gasteiger partial charge in [-0.25, -0.2) is 0 Å². The maximum Gasteiger partial charge on any atom is 0.252 e. The van der Waals surface area contributed by atoms with Gasteiger partial charge in [0.05, 0.1) is 0 Å². The molecule has 0 fully saturated rings. The highest BCUT2D eigenvalue weighted by atomic mass is 15.2. The number of rotatable bonds is 5. The lowest BCUT2D eigenvalue weighted by Gasteiger charge is -2.46. The van der Waals surface area contributed by atoms with Gasteiger partial charge in [0.25, 0.3) is 6.71 Å². The van der Waals surface area contributed by atoms with Crippen molar-refractivity contribution in [3.63, 3.8) is 0 Å². The van der Waals surface area contributed by atoms with Crippen LogP contribution in [0.25, 0.3) is 11.1 Å². The predicted octanol–water partition coefficient (Wildman–Crippen LogP) is 16.7. The van der Waals surface area contributed by atoms with Crippen LogP contribution in [-0.2, 0) is 27.1 Å². The Morgan fingerprint density at radius 2 is 0.873 bits per heavy atom. The molecule has 1 aliphatic carbocycles. The first-order valence-electron chi connectivity index (χ1n) is 25.9. The van der Waals surface area contributed by atoms with Gasteiger partial charge in [0.1, 0.15) is 0 Å². The minimum atomic E-state index is -0.167. The molecule has 0 bridgehead atoms. The van der Waals surface area contributed by atoms with Crippen LogP contribution < -0.4 is 31.1 Å². The molecule has 356 valence electrons. The molecule has 71 heavy (non-hydrogen) atoms. The summed E-state index contributed by atoms with van der Waals surface area (Å²) in [5.41, 5.74) is 25.1. The van der Waals surface area contributed by atoms with Crippen molar-refractivity contribution in [3.8, 4) is 11.1 Å². The van der Waals surface area contributed by atoms with Gasteiger partial charge in [-0.3, -0.25) is 0 Å². The maximum absolute atomic E-state index is 2.63. The normalized spacial score (nSPS) is 14.6. The van der Waals surface area contributed by atoms with Crippen LogP contribution in [0.15, 0.2) is 170 Å². The molecule has 0 aromatic heterocycles. The molecule has 3 nitrogen and oxygen atoms in total. The number of benzene rings is 8. The average molecular weight is 928 g/mol. The summed E-state index contributed by atoms with van der Waals surface area (Å²) in [6.45, 7) is 32.7. The lowest BCUT2D eigenvalue weighted by molar-refractivity contribution is 0.589. The Hall–Kier alpha value is -6.78. The Balaban J connectivity index is 1.23. The molecule has 8 aromatic carbocycles. The zero-order chi connectivity index (χ0) is 50.2. The third kappa shape index (κ3) is 7.72. The topological polar surface area (TPSA) is 9.72 Å². The van der Waals surface area contributed by atoms with Gasteiger partial charge in [0, 0.05) is 56.6 Å². The molecule has 0 unspecified atom stereocenters. The monoisotopic (exact) mass is 928 g/mol. The lowest BCUT2D eigenvalue weighted by atomic mass is 9.33. The van der Waals surface area contributed by atoms with E-state index in [1.807, 2.05) is 0 Å². The van der Waals surface area contributed by atoms with Crippen LogP contribution in [0.4, 0.5) is 51.2 Å². The number of hydrogen-bond acceptors (Lipinski definition) is 3. The number of hydrogen-bond donors (Lipinski definition) is 0. The van der Waals surface area contributed by atoms with Crippen LogP contribution in [-0.4, -0.2) is 6.71 Å². The summed E-state index contributed by atoms with van der Waals surface area (Å²) in [7, 11) is 0. The van der Waals surface area contributed by atoms with Crippen molar-refractivity contribution in [3.05, 3.63) is 203 Å². The van der Waals surface area contributed by atoms with Crippen molar-refractivity contribution in [2.45, 2.75) is 124 Å². The van der Waals surface area contributed by atoms with Crippen LogP contribution in [0.5, 0.6) is 0 Å². The number of anilines is 9.